The van der Waals surface area contributed by atoms with Gasteiger partial charge in [0.25, 0.3) is 0 Å². The van der Waals surface area contributed by atoms with Gasteiger partial charge in [-0.25, -0.2) is 0 Å². The molecule has 5 heteroatoms. The summed E-state index contributed by atoms with van der Waals surface area (Å²) in [5, 5.41) is 0. The molecule has 0 atom stereocenters. The van der Waals surface area contributed by atoms with Gasteiger partial charge < -0.3 is 4.90 Å². The van der Waals surface area contributed by atoms with Crippen molar-refractivity contribution < 1.29 is 13.2 Å². The Kier molecular flexibility index (Phi) is 4.84. The first-order valence-corrected chi connectivity index (χ1v) is 4.10. The first-order chi connectivity index (χ1) is 6.84. The van der Waals surface area contributed by atoms with E-state index >= 15 is 0 Å². The van der Waals surface area contributed by atoms with Crippen LogP contribution in [0.3, 0.4) is 0 Å². The highest BCUT2D eigenvalue weighted by Crippen LogP contribution is 2.29. The summed E-state index contributed by atoms with van der Waals surface area (Å²) >= 11 is 0. The van der Waals surface area contributed by atoms with Crippen LogP contribution in [-0.2, 0) is 0 Å². The number of allylic oxidation sites excluding steroid dienone is 4. The molecular formula is C10H13F3N2. The zero-order valence-electron chi connectivity index (χ0n) is 8.67. The quantitative estimate of drug-likeness (QED) is 0.523. The molecule has 0 saturated heterocycles. The maximum absolute atomic E-state index is 12.5. The third kappa shape index (κ3) is 4.01. The van der Waals surface area contributed by atoms with Gasteiger partial charge in [0.05, 0.1) is 0 Å². The van der Waals surface area contributed by atoms with Crippen LogP contribution in [0.25, 0.3) is 0 Å². The highest BCUT2D eigenvalue weighted by atomic mass is 19.4. The zero-order valence-corrected chi connectivity index (χ0v) is 8.67. The molecular weight excluding hydrogens is 205 g/mol. The predicted molar refractivity (Wildman–Crippen MR) is 55.4 cm³/mol. The third-order valence-corrected chi connectivity index (χ3v) is 1.73. The predicted octanol–water partition coefficient (Wildman–Crippen LogP) is 3.11. The molecule has 0 bridgehead atoms. The van der Waals surface area contributed by atoms with Crippen LogP contribution in [0.1, 0.15) is 6.92 Å². The van der Waals surface area contributed by atoms with E-state index < -0.39 is 11.9 Å². The Labute approximate surface area is 87.1 Å². The van der Waals surface area contributed by atoms with Crippen LogP contribution < -0.4 is 0 Å². The molecule has 0 spiro atoms. The molecule has 0 aromatic carbocycles. The average molecular weight is 218 g/mol. The van der Waals surface area contributed by atoms with Gasteiger partial charge in [0.2, 0.25) is 0 Å². The Morgan fingerprint density at radius 2 is 1.93 bits per heavy atom. The van der Waals surface area contributed by atoms with Crippen molar-refractivity contribution in [1.29, 1.82) is 0 Å². The Bertz CT molecular complexity index is 300. The topological polar surface area (TPSA) is 15.6 Å². The molecule has 0 aliphatic heterocycles. The Hall–Kier alpha value is -1.52. The SMILES string of the molecule is C=C/C=C(\N(C)/C(C)=C\N=C)C(F)(F)F. The van der Waals surface area contributed by atoms with Crippen LogP contribution in [0, 0.1) is 0 Å². The van der Waals surface area contributed by atoms with Crippen LogP contribution in [-0.4, -0.2) is 24.8 Å². The van der Waals surface area contributed by atoms with E-state index in [0.717, 1.165) is 17.1 Å². The summed E-state index contributed by atoms with van der Waals surface area (Å²) in [7, 11) is 1.31. The number of nitrogens with zero attached hydrogens (tertiary/aromatic N) is 2. The maximum atomic E-state index is 12.5. The zero-order chi connectivity index (χ0) is 12.1. The summed E-state index contributed by atoms with van der Waals surface area (Å²) in [5.41, 5.74) is -0.453. The first kappa shape index (κ1) is 13.5. The van der Waals surface area contributed by atoms with Gasteiger partial charge in [-0.15, -0.1) is 0 Å². The molecule has 0 unspecified atom stereocenters. The summed E-state index contributed by atoms with van der Waals surface area (Å²) in [6, 6.07) is 0. The van der Waals surface area contributed by atoms with Gasteiger partial charge in [-0.1, -0.05) is 12.7 Å². The van der Waals surface area contributed by atoms with E-state index in [-0.39, 0.29) is 0 Å². The van der Waals surface area contributed by atoms with Crippen molar-refractivity contribution in [2.45, 2.75) is 13.1 Å². The van der Waals surface area contributed by atoms with Crippen molar-refractivity contribution in [2.75, 3.05) is 7.05 Å². The monoisotopic (exact) mass is 218 g/mol. The van der Waals surface area contributed by atoms with Crippen LogP contribution in [0.15, 0.2) is 41.3 Å². The molecule has 0 amide bonds. The Morgan fingerprint density at radius 1 is 1.40 bits per heavy atom. The van der Waals surface area contributed by atoms with Crippen LogP contribution in [0.4, 0.5) is 13.2 Å². The lowest BCUT2D eigenvalue weighted by Crippen LogP contribution is -2.27. The Balaban J connectivity index is 5.13. The van der Waals surface area contributed by atoms with Gasteiger partial charge >= 0.3 is 6.18 Å². The maximum Gasteiger partial charge on any atom is 0.431 e. The lowest BCUT2D eigenvalue weighted by molar-refractivity contribution is -0.106. The first-order valence-electron chi connectivity index (χ1n) is 4.10. The lowest BCUT2D eigenvalue weighted by atomic mass is 10.3. The number of alkyl halides is 3. The third-order valence-electron chi connectivity index (χ3n) is 1.73. The van der Waals surface area contributed by atoms with Gasteiger partial charge in [-0.2, -0.15) is 13.2 Å². The minimum atomic E-state index is -4.42. The van der Waals surface area contributed by atoms with Gasteiger partial charge in [-0.3, -0.25) is 4.99 Å². The second-order valence-electron chi connectivity index (χ2n) is 2.80. The fourth-order valence-electron chi connectivity index (χ4n) is 0.917. The molecule has 0 aliphatic carbocycles. The molecule has 0 fully saturated rings. The van der Waals surface area contributed by atoms with E-state index in [9.17, 15) is 13.2 Å². The van der Waals surface area contributed by atoms with E-state index in [2.05, 4.69) is 18.3 Å². The molecule has 0 aliphatic rings. The van der Waals surface area contributed by atoms with Crippen molar-refractivity contribution in [2.24, 2.45) is 4.99 Å². The lowest BCUT2D eigenvalue weighted by Gasteiger charge is -2.24. The van der Waals surface area contributed by atoms with E-state index in [1.165, 1.54) is 20.2 Å². The average Bonchev–Trinajstić information content (AvgIpc) is 2.11. The minimum Gasteiger partial charge on any atom is -0.343 e. The van der Waals surface area contributed by atoms with Crippen molar-refractivity contribution in [3.63, 3.8) is 0 Å². The van der Waals surface area contributed by atoms with E-state index in [1.807, 2.05) is 0 Å². The molecule has 0 aromatic heterocycles. The van der Waals surface area contributed by atoms with Gasteiger partial charge in [0.15, 0.2) is 0 Å². The molecule has 0 heterocycles. The molecule has 0 radical (unpaired) electrons. The van der Waals surface area contributed by atoms with Crippen molar-refractivity contribution in [1.82, 2.24) is 4.90 Å². The summed E-state index contributed by atoms with van der Waals surface area (Å²) < 4.78 is 37.6. The molecule has 84 valence electrons. The molecule has 0 aromatic rings. The standard InChI is InChI=1S/C10H13F3N2/c1-5-6-9(10(11,12)13)15(4)8(2)7-14-3/h5-7H,1,3H2,2,4H3/b8-7-,9-6-. The Morgan fingerprint density at radius 3 is 2.27 bits per heavy atom. The fourth-order valence-corrected chi connectivity index (χ4v) is 0.917. The summed E-state index contributed by atoms with van der Waals surface area (Å²) in [4.78, 5) is 4.39. The van der Waals surface area contributed by atoms with Crippen LogP contribution in [0.5, 0.6) is 0 Å². The van der Waals surface area contributed by atoms with Crippen molar-refractivity contribution in [3.8, 4) is 0 Å². The highest BCUT2D eigenvalue weighted by Gasteiger charge is 2.36. The minimum absolute atomic E-state index is 0.343. The number of rotatable bonds is 4. The van der Waals surface area contributed by atoms with Crippen LogP contribution in [0.2, 0.25) is 0 Å². The van der Waals surface area contributed by atoms with Crippen molar-refractivity contribution >= 4 is 6.72 Å². The van der Waals surface area contributed by atoms with Crippen molar-refractivity contribution in [3.05, 3.63) is 36.3 Å². The van der Waals surface area contributed by atoms with Gasteiger partial charge in [-0.05, 0) is 19.7 Å². The summed E-state index contributed by atoms with van der Waals surface area (Å²) in [5.74, 6) is 0. The number of hydrogen-bond acceptors (Lipinski definition) is 2. The smallest absolute Gasteiger partial charge is 0.343 e. The second-order valence-corrected chi connectivity index (χ2v) is 2.80. The largest absolute Gasteiger partial charge is 0.431 e. The molecule has 15 heavy (non-hydrogen) atoms. The summed E-state index contributed by atoms with van der Waals surface area (Å²) in [6.45, 7) is 7.93. The number of hydrogen-bond donors (Lipinski definition) is 0. The second kappa shape index (κ2) is 5.38. The molecule has 0 N–H and O–H groups in total. The fraction of sp³-hybridized carbons (Fsp3) is 0.300. The number of halogens is 3. The van der Waals surface area contributed by atoms with Gasteiger partial charge in [0.1, 0.15) is 5.70 Å². The molecule has 0 rings (SSSR count). The van der Waals surface area contributed by atoms with Gasteiger partial charge in [0, 0.05) is 18.9 Å². The van der Waals surface area contributed by atoms with E-state index in [0.29, 0.717) is 5.70 Å². The van der Waals surface area contributed by atoms with E-state index in [4.69, 9.17) is 0 Å². The normalized spacial score (nSPS) is 13.7. The van der Waals surface area contributed by atoms with E-state index in [1.54, 1.807) is 0 Å². The summed E-state index contributed by atoms with van der Waals surface area (Å²) in [6.07, 6.45) is -1.17. The number of aliphatic imine (C=N–C) groups is 1. The highest BCUT2D eigenvalue weighted by molar-refractivity contribution is 5.27. The molecule has 0 saturated carbocycles. The van der Waals surface area contributed by atoms with Crippen LogP contribution >= 0.6 is 0 Å². The molecule has 2 nitrogen and oxygen atoms in total.